The number of aromatic hydroxyl groups is 2. The molecule has 10 heteroatoms. The Balaban J connectivity index is 1.45. The molecule has 1 aromatic heterocycles. The number of rotatable bonds is 10. The number of ether oxygens (including phenoxy) is 1. The second kappa shape index (κ2) is 11.2. The third-order valence-corrected chi connectivity index (χ3v) is 6.13. The molecule has 0 aliphatic carbocycles. The van der Waals surface area contributed by atoms with E-state index in [-0.39, 0.29) is 40.3 Å². The Hall–Kier alpha value is -3.89. The maximum absolute atomic E-state index is 10.7. The number of benzene rings is 2. The molecule has 10 nitrogen and oxygen atoms in total. The van der Waals surface area contributed by atoms with Crippen molar-refractivity contribution in [2.45, 2.75) is 18.9 Å². The minimum Gasteiger partial charge on any atom is -0.508 e. The van der Waals surface area contributed by atoms with Gasteiger partial charge in [-0.1, -0.05) is 11.7 Å². The molecule has 1 saturated heterocycles. The maximum atomic E-state index is 10.7. The van der Waals surface area contributed by atoms with Crippen LogP contribution in [0.2, 0.25) is 0 Å². The SMILES string of the molecule is C=C(NC1CCN(CCN(C)C)CC1)c1cc(-c2c(O)cc(O)cc2Oc2ccc(N=O)cc2)on1. The molecule has 1 aliphatic heterocycles. The Morgan fingerprint density at radius 1 is 1.22 bits per heavy atom. The zero-order valence-corrected chi connectivity index (χ0v) is 20.5. The van der Waals surface area contributed by atoms with Gasteiger partial charge in [0.2, 0.25) is 0 Å². The molecule has 0 bridgehead atoms. The van der Waals surface area contributed by atoms with Crippen LogP contribution in [0, 0.1) is 4.91 Å². The van der Waals surface area contributed by atoms with E-state index in [2.05, 4.69) is 46.1 Å². The number of nitroso groups, excluding NO2 is 1. The summed E-state index contributed by atoms with van der Waals surface area (Å²) in [4.78, 5) is 15.3. The van der Waals surface area contributed by atoms with Gasteiger partial charge in [-0.2, -0.15) is 0 Å². The average Bonchev–Trinajstić information content (AvgIpc) is 3.33. The monoisotopic (exact) mass is 493 g/mol. The third kappa shape index (κ3) is 6.21. The highest BCUT2D eigenvalue weighted by molar-refractivity contribution is 5.76. The molecule has 2 heterocycles. The fourth-order valence-electron chi connectivity index (χ4n) is 4.11. The van der Waals surface area contributed by atoms with E-state index in [0.717, 1.165) is 39.0 Å². The minimum absolute atomic E-state index is 0.158. The van der Waals surface area contributed by atoms with Crippen LogP contribution in [-0.4, -0.2) is 71.5 Å². The number of nitrogens with one attached hydrogen (secondary N) is 1. The van der Waals surface area contributed by atoms with E-state index in [9.17, 15) is 15.1 Å². The summed E-state index contributed by atoms with van der Waals surface area (Å²) in [6, 6.07) is 10.6. The fourth-order valence-corrected chi connectivity index (χ4v) is 4.11. The second-order valence-electron chi connectivity index (χ2n) is 9.14. The van der Waals surface area contributed by atoms with Gasteiger partial charge in [-0.15, -0.1) is 4.91 Å². The van der Waals surface area contributed by atoms with Crippen molar-refractivity contribution in [2.75, 3.05) is 40.3 Å². The summed E-state index contributed by atoms with van der Waals surface area (Å²) in [5.74, 6) is 0.384. The van der Waals surface area contributed by atoms with E-state index >= 15 is 0 Å². The molecule has 36 heavy (non-hydrogen) atoms. The molecule has 2 aromatic carbocycles. The molecule has 3 aromatic rings. The van der Waals surface area contributed by atoms with E-state index < -0.39 is 0 Å². The van der Waals surface area contributed by atoms with Gasteiger partial charge in [-0.05, 0) is 56.4 Å². The van der Waals surface area contributed by atoms with Crippen molar-refractivity contribution in [3.63, 3.8) is 0 Å². The van der Waals surface area contributed by atoms with Crippen molar-refractivity contribution >= 4 is 11.4 Å². The molecule has 1 fully saturated rings. The summed E-state index contributed by atoms with van der Waals surface area (Å²) in [5.41, 5.74) is 1.63. The molecule has 1 aliphatic rings. The van der Waals surface area contributed by atoms with E-state index in [4.69, 9.17) is 9.26 Å². The summed E-state index contributed by atoms with van der Waals surface area (Å²) in [7, 11) is 4.17. The van der Waals surface area contributed by atoms with E-state index in [0.29, 0.717) is 17.1 Å². The van der Waals surface area contributed by atoms with Gasteiger partial charge in [-0.3, -0.25) is 0 Å². The maximum Gasteiger partial charge on any atom is 0.175 e. The van der Waals surface area contributed by atoms with Crippen LogP contribution >= 0.6 is 0 Å². The van der Waals surface area contributed by atoms with Crippen LogP contribution in [0.1, 0.15) is 18.5 Å². The second-order valence-corrected chi connectivity index (χ2v) is 9.14. The quantitative estimate of drug-likeness (QED) is 0.349. The van der Waals surface area contributed by atoms with Gasteiger partial charge in [0.25, 0.3) is 0 Å². The van der Waals surface area contributed by atoms with Crippen molar-refractivity contribution in [3.05, 3.63) is 59.6 Å². The number of nitrogens with zero attached hydrogens (tertiary/aromatic N) is 4. The summed E-state index contributed by atoms with van der Waals surface area (Å²) < 4.78 is 11.4. The van der Waals surface area contributed by atoms with Crippen molar-refractivity contribution < 1.29 is 19.5 Å². The zero-order chi connectivity index (χ0) is 25.7. The van der Waals surface area contributed by atoms with E-state index in [1.807, 2.05) is 0 Å². The summed E-state index contributed by atoms with van der Waals surface area (Å²) >= 11 is 0. The highest BCUT2D eigenvalue weighted by atomic mass is 16.5. The molecule has 4 rings (SSSR count). The van der Waals surface area contributed by atoms with E-state index in [1.54, 1.807) is 18.2 Å². The minimum atomic E-state index is -0.234. The van der Waals surface area contributed by atoms with Gasteiger partial charge < -0.3 is 34.6 Å². The number of phenols is 2. The number of likely N-dealkylation sites (N-methyl/N-ethyl adjacent to an activating group) is 1. The highest BCUT2D eigenvalue weighted by Gasteiger charge is 2.23. The van der Waals surface area contributed by atoms with Crippen LogP contribution in [0.4, 0.5) is 5.69 Å². The Morgan fingerprint density at radius 3 is 2.61 bits per heavy atom. The van der Waals surface area contributed by atoms with Gasteiger partial charge in [-0.25, -0.2) is 0 Å². The van der Waals surface area contributed by atoms with Crippen LogP contribution in [0.3, 0.4) is 0 Å². The number of hydrogen-bond donors (Lipinski definition) is 3. The molecule has 0 spiro atoms. The van der Waals surface area contributed by atoms with Gasteiger partial charge >= 0.3 is 0 Å². The Kier molecular flexibility index (Phi) is 7.87. The fraction of sp³-hybridized carbons (Fsp3) is 0.346. The zero-order valence-electron chi connectivity index (χ0n) is 20.5. The predicted octanol–water partition coefficient (Wildman–Crippen LogP) is 4.53. The first kappa shape index (κ1) is 25.2. The van der Waals surface area contributed by atoms with Crippen LogP contribution in [0.25, 0.3) is 17.0 Å². The van der Waals surface area contributed by atoms with Gasteiger partial charge in [0.1, 0.15) is 39.9 Å². The number of phenolic OH excluding ortho intramolecular Hbond substituents is 2. The Bertz CT molecular complexity index is 1200. The molecule has 0 amide bonds. The predicted molar refractivity (Wildman–Crippen MR) is 137 cm³/mol. The molecule has 0 unspecified atom stereocenters. The standard InChI is InChI=1S/C26H31N5O5/c1-17(27-18-8-10-31(11-9-18)13-12-30(2)3)22-16-25(36-29-22)26-23(33)14-20(32)15-24(26)35-21-6-4-19(28-34)5-7-21/h4-7,14-16,18,27,32-33H,1,8-13H2,2-3H3. The van der Waals surface area contributed by atoms with Gasteiger partial charge in [0.15, 0.2) is 5.76 Å². The number of likely N-dealkylation sites (tertiary alicyclic amines) is 1. The van der Waals surface area contributed by atoms with Crippen molar-refractivity contribution in [2.24, 2.45) is 5.18 Å². The average molecular weight is 494 g/mol. The first-order chi connectivity index (χ1) is 17.3. The summed E-state index contributed by atoms with van der Waals surface area (Å²) in [6.07, 6.45) is 2.01. The largest absolute Gasteiger partial charge is 0.508 e. The van der Waals surface area contributed by atoms with Crippen LogP contribution in [-0.2, 0) is 0 Å². The van der Waals surface area contributed by atoms with Crippen LogP contribution in [0.5, 0.6) is 23.0 Å². The van der Waals surface area contributed by atoms with Crippen molar-refractivity contribution in [3.8, 4) is 34.3 Å². The molecule has 0 saturated carbocycles. The normalized spacial score (nSPS) is 14.6. The van der Waals surface area contributed by atoms with Crippen LogP contribution < -0.4 is 10.1 Å². The summed E-state index contributed by atoms with van der Waals surface area (Å²) in [5, 5.41) is 31.0. The molecule has 0 atom stereocenters. The van der Waals surface area contributed by atoms with Gasteiger partial charge in [0.05, 0.1) is 5.70 Å². The Labute approximate surface area is 209 Å². The first-order valence-electron chi connectivity index (χ1n) is 11.8. The lowest BCUT2D eigenvalue weighted by atomic mass is 10.0. The lowest BCUT2D eigenvalue weighted by Gasteiger charge is -2.33. The molecule has 190 valence electrons. The highest BCUT2D eigenvalue weighted by Crippen LogP contribution is 2.43. The molecular weight excluding hydrogens is 462 g/mol. The van der Waals surface area contributed by atoms with Crippen molar-refractivity contribution in [1.82, 2.24) is 20.3 Å². The lowest BCUT2D eigenvalue weighted by molar-refractivity contribution is 0.188. The molecule has 3 N–H and O–H groups in total. The van der Waals surface area contributed by atoms with Crippen LogP contribution in [0.15, 0.2) is 58.7 Å². The molecular formula is C26H31N5O5. The van der Waals surface area contributed by atoms with Crippen molar-refractivity contribution in [1.29, 1.82) is 0 Å². The van der Waals surface area contributed by atoms with E-state index in [1.165, 1.54) is 24.3 Å². The number of hydrogen-bond acceptors (Lipinski definition) is 10. The van der Waals surface area contributed by atoms with Gasteiger partial charge in [0, 0.05) is 50.4 Å². The Morgan fingerprint density at radius 2 is 1.94 bits per heavy atom. The number of aromatic nitrogens is 1. The third-order valence-electron chi connectivity index (χ3n) is 6.13. The number of piperidine rings is 1. The first-order valence-corrected chi connectivity index (χ1v) is 11.8. The smallest absolute Gasteiger partial charge is 0.175 e. The molecule has 0 radical (unpaired) electrons. The topological polar surface area (TPSA) is 124 Å². The lowest BCUT2D eigenvalue weighted by Crippen LogP contribution is -2.43. The summed E-state index contributed by atoms with van der Waals surface area (Å²) in [6.45, 7) is 8.28.